The molecule has 0 spiro atoms. The molecular weight excluding hydrogens is 374 g/mol. The van der Waals surface area contributed by atoms with Gasteiger partial charge in [0.1, 0.15) is 5.69 Å². The third kappa shape index (κ3) is 3.73. The Labute approximate surface area is 165 Å². The quantitative estimate of drug-likeness (QED) is 0.225. The Morgan fingerprint density at radius 3 is 2.93 bits per heavy atom. The third-order valence-electron chi connectivity index (χ3n) is 4.39. The summed E-state index contributed by atoms with van der Waals surface area (Å²) in [6, 6.07) is 11.1. The average molecular weight is 393 g/mol. The van der Waals surface area contributed by atoms with Gasteiger partial charge in [0.15, 0.2) is 11.5 Å². The topological polar surface area (TPSA) is 134 Å². The van der Waals surface area contributed by atoms with E-state index in [9.17, 15) is 4.79 Å². The van der Waals surface area contributed by atoms with E-state index < -0.39 is 0 Å². The first kappa shape index (κ1) is 18.4. The summed E-state index contributed by atoms with van der Waals surface area (Å²) in [7, 11) is 3.38. The van der Waals surface area contributed by atoms with Gasteiger partial charge in [0.05, 0.1) is 18.4 Å². The van der Waals surface area contributed by atoms with Gasteiger partial charge in [0, 0.05) is 36.6 Å². The summed E-state index contributed by atoms with van der Waals surface area (Å²) in [6.07, 6.45) is 1.52. The Morgan fingerprint density at radius 1 is 1.31 bits per heavy atom. The van der Waals surface area contributed by atoms with Gasteiger partial charge in [-0.05, 0) is 24.3 Å². The van der Waals surface area contributed by atoms with E-state index in [1.165, 1.54) is 6.20 Å². The first-order chi connectivity index (χ1) is 14.0. The van der Waals surface area contributed by atoms with Crippen LogP contribution >= 0.6 is 0 Å². The van der Waals surface area contributed by atoms with E-state index in [0.29, 0.717) is 17.1 Å². The van der Waals surface area contributed by atoms with E-state index in [1.54, 1.807) is 30.9 Å². The Bertz CT molecular complexity index is 1170. The molecule has 4 N–H and O–H groups in total. The molecule has 0 aliphatic heterocycles. The maximum Gasteiger partial charge on any atom is 0.272 e. The second-order valence-corrected chi connectivity index (χ2v) is 6.32. The van der Waals surface area contributed by atoms with Gasteiger partial charge >= 0.3 is 0 Å². The highest BCUT2D eigenvalue weighted by molar-refractivity contribution is 5.97. The molecule has 0 bridgehead atoms. The lowest BCUT2D eigenvalue weighted by Gasteiger charge is -2.01. The van der Waals surface area contributed by atoms with Gasteiger partial charge in [-0.1, -0.05) is 11.2 Å². The van der Waals surface area contributed by atoms with Gasteiger partial charge in [-0.15, -0.1) is 0 Å². The molecule has 0 fully saturated rings. The minimum absolute atomic E-state index is 0.00324. The molecule has 3 aromatic heterocycles. The molecule has 3 heterocycles. The van der Waals surface area contributed by atoms with Crippen LogP contribution in [0, 0.1) is 5.41 Å². The fourth-order valence-electron chi connectivity index (χ4n) is 3.01. The first-order valence-corrected chi connectivity index (χ1v) is 8.82. The normalized spacial score (nSPS) is 11.0. The van der Waals surface area contributed by atoms with Crippen molar-refractivity contribution in [2.75, 3.05) is 7.05 Å². The number of H-pyrrole nitrogens is 1. The van der Waals surface area contributed by atoms with Crippen LogP contribution < -0.4 is 10.8 Å². The van der Waals surface area contributed by atoms with E-state index in [4.69, 9.17) is 14.8 Å². The Morgan fingerprint density at radius 2 is 2.17 bits per heavy atom. The molecule has 29 heavy (non-hydrogen) atoms. The number of hydrogen-bond donors (Lipinski definition) is 4. The SMILES string of the molecule is CNOC(=N)c1cc2cc(-c3cc(C(=O)NCc4ccno4)nn3C)ccc2[nH]1. The Hall–Kier alpha value is -3.92. The summed E-state index contributed by atoms with van der Waals surface area (Å²) in [4.78, 5) is 20.5. The molecule has 0 saturated carbocycles. The Kier molecular flexibility index (Phi) is 4.83. The number of nitrogens with one attached hydrogen (secondary N) is 4. The average Bonchev–Trinajstić information content (AvgIpc) is 3.45. The zero-order valence-electron chi connectivity index (χ0n) is 15.8. The summed E-state index contributed by atoms with van der Waals surface area (Å²) in [6.45, 7) is 0.240. The number of nitrogens with zero attached hydrogens (tertiary/aromatic N) is 3. The fraction of sp³-hybridized carbons (Fsp3) is 0.158. The van der Waals surface area contributed by atoms with Crippen molar-refractivity contribution in [3.63, 3.8) is 0 Å². The number of rotatable bonds is 6. The molecule has 4 aromatic rings. The van der Waals surface area contributed by atoms with Crippen LogP contribution in [0.25, 0.3) is 22.2 Å². The molecule has 10 nitrogen and oxygen atoms in total. The van der Waals surface area contributed by atoms with E-state index in [0.717, 1.165) is 22.2 Å². The van der Waals surface area contributed by atoms with Crippen LogP contribution in [-0.2, 0) is 18.4 Å². The second kappa shape index (κ2) is 7.60. The van der Waals surface area contributed by atoms with Gasteiger partial charge in [0.2, 0.25) is 0 Å². The van der Waals surface area contributed by atoms with Crippen molar-refractivity contribution >= 4 is 22.7 Å². The predicted octanol–water partition coefficient (Wildman–Crippen LogP) is 1.96. The highest BCUT2D eigenvalue weighted by Crippen LogP contribution is 2.25. The fourth-order valence-corrected chi connectivity index (χ4v) is 3.01. The van der Waals surface area contributed by atoms with Crippen molar-refractivity contribution in [3.8, 4) is 11.3 Å². The lowest BCUT2D eigenvalue weighted by molar-refractivity contribution is 0.0941. The van der Waals surface area contributed by atoms with Crippen molar-refractivity contribution in [2.45, 2.75) is 6.54 Å². The minimum Gasteiger partial charge on any atom is -0.387 e. The number of aromatic nitrogens is 4. The monoisotopic (exact) mass is 393 g/mol. The van der Waals surface area contributed by atoms with Crippen LogP contribution in [0.2, 0.25) is 0 Å². The van der Waals surface area contributed by atoms with E-state index in [-0.39, 0.29) is 18.3 Å². The van der Waals surface area contributed by atoms with Crippen LogP contribution in [0.4, 0.5) is 0 Å². The summed E-state index contributed by atoms with van der Waals surface area (Å²) < 4.78 is 6.63. The zero-order valence-corrected chi connectivity index (χ0v) is 15.8. The molecule has 1 amide bonds. The number of carbonyl (C=O) groups is 1. The van der Waals surface area contributed by atoms with Crippen LogP contribution in [0.3, 0.4) is 0 Å². The first-order valence-electron chi connectivity index (χ1n) is 8.82. The molecular formula is C19H19N7O3. The molecule has 4 rings (SSSR count). The summed E-state index contributed by atoms with van der Waals surface area (Å²) >= 11 is 0. The zero-order chi connectivity index (χ0) is 20.4. The summed E-state index contributed by atoms with van der Waals surface area (Å²) in [5.41, 5.74) is 5.91. The molecule has 0 aliphatic rings. The van der Waals surface area contributed by atoms with Gasteiger partial charge in [0.25, 0.3) is 11.8 Å². The van der Waals surface area contributed by atoms with Gasteiger partial charge in [-0.3, -0.25) is 14.9 Å². The number of aromatic amines is 1. The molecule has 148 valence electrons. The lowest BCUT2D eigenvalue weighted by Crippen LogP contribution is -2.23. The smallest absolute Gasteiger partial charge is 0.272 e. The van der Waals surface area contributed by atoms with Gasteiger partial charge in [-0.25, -0.2) is 0 Å². The van der Waals surface area contributed by atoms with Crippen molar-refractivity contribution < 1.29 is 14.2 Å². The number of fused-ring (bicyclic) bond motifs is 1. The summed E-state index contributed by atoms with van der Waals surface area (Å²) in [5, 5.41) is 19.5. The third-order valence-corrected chi connectivity index (χ3v) is 4.39. The maximum atomic E-state index is 12.4. The summed E-state index contributed by atoms with van der Waals surface area (Å²) in [5.74, 6) is 0.262. The molecule has 0 aliphatic carbocycles. The number of hydroxylamine groups is 1. The molecule has 0 atom stereocenters. The van der Waals surface area contributed by atoms with E-state index >= 15 is 0 Å². The number of benzene rings is 1. The highest BCUT2D eigenvalue weighted by atomic mass is 16.6. The van der Waals surface area contributed by atoms with E-state index in [1.807, 2.05) is 24.3 Å². The minimum atomic E-state index is -0.300. The van der Waals surface area contributed by atoms with Gasteiger partial charge in [-0.2, -0.15) is 10.6 Å². The van der Waals surface area contributed by atoms with Crippen LogP contribution in [0.5, 0.6) is 0 Å². The molecule has 0 saturated heterocycles. The van der Waals surface area contributed by atoms with E-state index in [2.05, 4.69) is 26.0 Å². The Balaban J connectivity index is 1.57. The lowest BCUT2D eigenvalue weighted by atomic mass is 10.1. The number of carbonyl (C=O) groups excluding carboxylic acids is 1. The number of hydrogen-bond acceptors (Lipinski definition) is 7. The number of amides is 1. The maximum absolute atomic E-state index is 12.4. The van der Waals surface area contributed by atoms with Gasteiger partial charge < -0.3 is 19.7 Å². The molecule has 0 radical (unpaired) electrons. The van der Waals surface area contributed by atoms with Crippen molar-refractivity contribution in [3.05, 3.63) is 59.7 Å². The second-order valence-electron chi connectivity index (χ2n) is 6.32. The standard InChI is InChI=1S/C19H19N7O3/c1-21-29-18(20)15-8-12-7-11(3-4-14(12)24-15)17-9-16(25-26(17)2)19(27)22-10-13-5-6-23-28-13/h3-9,20-21,24H,10H2,1-2H3,(H,22,27). The molecule has 0 unspecified atom stereocenters. The van der Waals surface area contributed by atoms with Crippen LogP contribution in [0.1, 0.15) is 21.9 Å². The molecule has 10 heteroatoms. The van der Waals surface area contributed by atoms with Crippen molar-refractivity contribution in [2.24, 2.45) is 7.05 Å². The molecule has 1 aromatic carbocycles. The van der Waals surface area contributed by atoms with Crippen LogP contribution in [0.15, 0.2) is 47.1 Å². The predicted molar refractivity (Wildman–Crippen MR) is 105 cm³/mol. The van der Waals surface area contributed by atoms with Crippen molar-refractivity contribution in [1.82, 2.24) is 30.7 Å². The largest absolute Gasteiger partial charge is 0.387 e. The number of aryl methyl sites for hydroxylation is 1. The highest BCUT2D eigenvalue weighted by Gasteiger charge is 2.15. The van der Waals surface area contributed by atoms with Crippen molar-refractivity contribution in [1.29, 1.82) is 5.41 Å². The van der Waals surface area contributed by atoms with Crippen LogP contribution in [-0.4, -0.2) is 38.8 Å².